The Morgan fingerprint density at radius 1 is 1.14 bits per heavy atom. The van der Waals surface area contributed by atoms with Gasteiger partial charge in [0.15, 0.2) is 0 Å². The first kappa shape index (κ1) is 17.2. The summed E-state index contributed by atoms with van der Waals surface area (Å²) in [5.74, 6) is -0.111. The lowest BCUT2D eigenvalue weighted by Gasteiger charge is -2.26. The number of nitrogens with one attached hydrogen (secondary N) is 2. The number of aryl methyl sites for hydroxylation is 1. The summed E-state index contributed by atoms with van der Waals surface area (Å²) in [6, 6.07) is 7.05. The Labute approximate surface area is 126 Å². The molecule has 0 heterocycles. The van der Waals surface area contributed by atoms with Gasteiger partial charge >= 0.3 is 6.03 Å². The third-order valence-electron chi connectivity index (χ3n) is 3.48. The molecule has 0 aromatic heterocycles. The van der Waals surface area contributed by atoms with Crippen molar-refractivity contribution in [3.8, 4) is 0 Å². The van der Waals surface area contributed by atoms with E-state index < -0.39 is 18.0 Å². The Morgan fingerprint density at radius 3 is 2.14 bits per heavy atom. The molecule has 2 atom stereocenters. The van der Waals surface area contributed by atoms with E-state index in [2.05, 4.69) is 55.7 Å². The number of urea groups is 1. The maximum absolute atomic E-state index is 11.8. The highest BCUT2D eigenvalue weighted by Crippen LogP contribution is 2.22. The molecule has 0 spiro atoms. The molecule has 0 aliphatic rings. The molecule has 0 saturated carbocycles. The molecule has 0 saturated heterocycles. The number of primary amides is 1. The van der Waals surface area contributed by atoms with Crippen LogP contribution in [0.3, 0.4) is 0 Å². The van der Waals surface area contributed by atoms with Crippen molar-refractivity contribution in [2.24, 2.45) is 11.7 Å². The molecule has 0 radical (unpaired) electrons. The lowest BCUT2D eigenvalue weighted by molar-refractivity contribution is -0.121. The maximum atomic E-state index is 11.8. The highest BCUT2D eigenvalue weighted by Gasteiger charge is 2.22. The molecule has 21 heavy (non-hydrogen) atoms. The van der Waals surface area contributed by atoms with E-state index in [1.165, 1.54) is 5.56 Å². The second-order valence-electron chi connectivity index (χ2n) is 5.56. The van der Waals surface area contributed by atoms with Crippen LogP contribution >= 0.6 is 0 Å². The van der Waals surface area contributed by atoms with Crippen molar-refractivity contribution in [1.29, 1.82) is 0 Å². The summed E-state index contributed by atoms with van der Waals surface area (Å²) in [6.07, 6.45) is 0.997. The number of imide groups is 1. The van der Waals surface area contributed by atoms with Crippen molar-refractivity contribution in [3.05, 3.63) is 35.4 Å². The van der Waals surface area contributed by atoms with Gasteiger partial charge in [0.2, 0.25) is 5.91 Å². The van der Waals surface area contributed by atoms with Crippen LogP contribution in [0, 0.1) is 5.92 Å². The topological polar surface area (TPSA) is 84.2 Å². The molecule has 4 N–H and O–H groups in total. The zero-order valence-corrected chi connectivity index (χ0v) is 13.1. The molecule has 5 heteroatoms. The average Bonchev–Trinajstić information content (AvgIpc) is 2.43. The van der Waals surface area contributed by atoms with Crippen LogP contribution in [0.25, 0.3) is 0 Å². The highest BCUT2D eigenvalue weighted by molar-refractivity contribution is 5.96. The largest absolute Gasteiger partial charge is 0.351 e. The second-order valence-corrected chi connectivity index (χ2v) is 5.56. The van der Waals surface area contributed by atoms with Crippen molar-refractivity contribution in [2.75, 3.05) is 0 Å². The van der Waals surface area contributed by atoms with Crippen molar-refractivity contribution in [3.63, 3.8) is 0 Å². The lowest BCUT2D eigenvalue weighted by atomic mass is 9.94. The van der Waals surface area contributed by atoms with E-state index >= 15 is 0 Å². The Balaban J connectivity index is 2.81. The number of carbonyl (C=O) groups is 2. The van der Waals surface area contributed by atoms with Gasteiger partial charge < -0.3 is 5.73 Å². The van der Waals surface area contributed by atoms with Crippen molar-refractivity contribution < 1.29 is 9.59 Å². The SMILES string of the molecule is CCc1ccc([C@@H](N[C@@H](C)C(=O)NC(N)=O)C(C)C)cc1. The predicted molar refractivity (Wildman–Crippen MR) is 83.7 cm³/mol. The smallest absolute Gasteiger partial charge is 0.318 e. The number of rotatable bonds is 6. The van der Waals surface area contributed by atoms with Crippen LogP contribution in [0.1, 0.15) is 44.9 Å². The van der Waals surface area contributed by atoms with E-state index in [9.17, 15) is 9.59 Å². The summed E-state index contributed by atoms with van der Waals surface area (Å²) in [5.41, 5.74) is 7.37. The molecular formula is C16H25N3O2. The number of amides is 3. The van der Waals surface area contributed by atoms with Gasteiger partial charge in [0.05, 0.1) is 6.04 Å². The van der Waals surface area contributed by atoms with Crippen molar-refractivity contribution >= 4 is 11.9 Å². The van der Waals surface area contributed by atoms with Gasteiger partial charge in [-0.05, 0) is 30.4 Å². The third-order valence-corrected chi connectivity index (χ3v) is 3.48. The van der Waals surface area contributed by atoms with Gasteiger partial charge in [-0.2, -0.15) is 0 Å². The number of benzene rings is 1. The quantitative estimate of drug-likeness (QED) is 0.750. The van der Waals surface area contributed by atoms with Crippen LogP contribution in [0.2, 0.25) is 0 Å². The Morgan fingerprint density at radius 2 is 1.71 bits per heavy atom. The number of nitrogens with two attached hydrogens (primary N) is 1. The van der Waals surface area contributed by atoms with Gasteiger partial charge in [0.1, 0.15) is 0 Å². The first-order chi connectivity index (χ1) is 9.85. The van der Waals surface area contributed by atoms with Crippen molar-refractivity contribution in [1.82, 2.24) is 10.6 Å². The molecule has 116 valence electrons. The number of hydrogen-bond donors (Lipinski definition) is 3. The fourth-order valence-electron chi connectivity index (χ4n) is 2.21. The van der Waals surface area contributed by atoms with Crippen LogP contribution in [0.4, 0.5) is 4.79 Å². The summed E-state index contributed by atoms with van der Waals surface area (Å²) in [5, 5.41) is 5.35. The first-order valence-electron chi connectivity index (χ1n) is 7.30. The standard InChI is InChI=1S/C16H25N3O2/c1-5-12-6-8-13(9-7-12)14(10(2)3)18-11(4)15(20)19-16(17)21/h6-11,14,18H,5H2,1-4H3,(H3,17,19,20,21)/t11-,14-/m0/s1. The third kappa shape index (κ3) is 5.19. The molecule has 5 nitrogen and oxygen atoms in total. The molecule has 0 fully saturated rings. The fourth-order valence-corrected chi connectivity index (χ4v) is 2.21. The summed E-state index contributed by atoms with van der Waals surface area (Å²) in [7, 11) is 0. The van der Waals surface area contributed by atoms with E-state index in [0.717, 1.165) is 12.0 Å². The van der Waals surface area contributed by atoms with E-state index in [4.69, 9.17) is 5.73 Å². The minimum Gasteiger partial charge on any atom is -0.351 e. The number of hydrogen-bond acceptors (Lipinski definition) is 3. The predicted octanol–water partition coefficient (Wildman–Crippen LogP) is 2.12. The summed E-state index contributed by atoms with van der Waals surface area (Å²) < 4.78 is 0. The van der Waals surface area contributed by atoms with E-state index in [1.54, 1.807) is 6.92 Å². The highest BCUT2D eigenvalue weighted by atomic mass is 16.2. The Kier molecular flexibility index (Phi) is 6.37. The van der Waals surface area contributed by atoms with Gasteiger partial charge in [-0.1, -0.05) is 45.0 Å². The monoisotopic (exact) mass is 291 g/mol. The summed E-state index contributed by atoms with van der Waals surface area (Å²) >= 11 is 0. The lowest BCUT2D eigenvalue weighted by Crippen LogP contribution is -2.48. The first-order valence-corrected chi connectivity index (χ1v) is 7.30. The van der Waals surface area contributed by atoms with Crippen LogP contribution in [0.15, 0.2) is 24.3 Å². The molecular weight excluding hydrogens is 266 g/mol. The van der Waals surface area contributed by atoms with E-state index in [1.807, 2.05) is 0 Å². The van der Waals surface area contributed by atoms with Crippen LogP contribution in [-0.4, -0.2) is 18.0 Å². The zero-order valence-electron chi connectivity index (χ0n) is 13.1. The van der Waals surface area contributed by atoms with Gasteiger partial charge in [-0.25, -0.2) is 4.79 Å². The zero-order chi connectivity index (χ0) is 16.0. The Hall–Kier alpha value is -1.88. The van der Waals surface area contributed by atoms with Crippen LogP contribution in [-0.2, 0) is 11.2 Å². The van der Waals surface area contributed by atoms with E-state index in [-0.39, 0.29) is 6.04 Å². The van der Waals surface area contributed by atoms with Gasteiger partial charge in [0.25, 0.3) is 0 Å². The minimum absolute atomic E-state index is 0.0320. The molecule has 3 amide bonds. The second kappa shape index (κ2) is 7.78. The van der Waals surface area contributed by atoms with Gasteiger partial charge in [0, 0.05) is 6.04 Å². The van der Waals surface area contributed by atoms with Gasteiger partial charge in [-0.3, -0.25) is 15.4 Å². The normalized spacial score (nSPS) is 13.8. The fraction of sp³-hybridized carbons (Fsp3) is 0.500. The van der Waals surface area contributed by atoms with Crippen molar-refractivity contribution in [2.45, 2.75) is 46.2 Å². The maximum Gasteiger partial charge on any atom is 0.318 e. The summed E-state index contributed by atoms with van der Waals surface area (Å²) in [4.78, 5) is 22.5. The summed E-state index contributed by atoms with van der Waals surface area (Å²) in [6.45, 7) is 8.01. The molecule has 1 aromatic rings. The van der Waals surface area contributed by atoms with Crippen LogP contribution < -0.4 is 16.4 Å². The molecule has 0 bridgehead atoms. The molecule has 0 aliphatic carbocycles. The Bertz CT molecular complexity index is 483. The number of carbonyl (C=O) groups excluding carboxylic acids is 2. The molecule has 1 aromatic carbocycles. The molecule has 0 unspecified atom stereocenters. The molecule has 0 aliphatic heterocycles. The van der Waals surface area contributed by atoms with E-state index in [0.29, 0.717) is 5.92 Å². The minimum atomic E-state index is -0.831. The average molecular weight is 291 g/mol. The van der Waals surface area contributed by atoms with Gasteiger partial charge in [-0.15, -0.1) is 0 Å². The van der Waals surface area contributed by atoms with Crippen LogP contribution in [0.5, 0.6) is 0 Å². The molecule has 1 rings (SSSR count).